The Morgan fingerprint density at radius 3 is 2.69 bits per heavy atom. The van der Waals surface area contributed by atoms with Gasteiger partial charge in [-0.15, -0.1) is 0 Å². The number of rotatable bonds is 4. The number of benzene rings is 2. The molecule has 1 aliphatic heterocycles. The first-order valence-electron chi connectivity index (χ1n) is 7.51. The molecule has 3 N–H and O–H groups in total. The zero-order valence-electron chi connectivity index (χ0n) is 13.5. The molecule has 2 aromatic rings. The van der Waals surface area contributed by atoms with Crippen molar-refractivity contribution in [2.24, 2.45) is 0 Å². The summed E-state index contributed by atoms with van der Waals surface area (Å²) in [7, 11) is 0. The molecule has 0 fully saturated rings. The molecule has 1 heterocycles. The fraction of sp³-hybridized carbons (Fsp3) is 0.176. The number of amides is 1. The highest BCUT2D eigenvalue weighted by molar-refractivity contribution is 6.37. The van der Waals surface area contributed by atoms with Gasteiger partial charge in [0.2, 0.25) is 6.79 Å². The van der Waals surface area contributed by atoms with Gasteiger partial charge in [-0.3, -0.25) is 4.79 Å². The second-order valence-electron chi connectivity index (χ2n) is 5.45. The van der Waals surface area contributed by atoms with E-state index in [0.29, 0.717) is 17.2 Å². The van der Waals surface area contributed by atoms with Gasteiger partial charge in [0.15, 0.2) is 17.6 Å². The molecule has 3 rings (SSSR count). The van der Waals surface area contributed by atoms with Crippen molar-refractivity contribution in [3.8, 4) is 11.5 Å². The topological polar surface area (TPSA) is 99.9 Å². The molecule has 1 aliphatic rings. The first-order chi connectivity index (χ1) is 12.3. The van der Waals surface area contributed by atoms with Crippen LogP contribution >= 0.6 is 23.2 Å². The molecule has 0 aliphatic carbocycles. The Kier molecular flexibility index (Phi) is 5.11. The lowest BCUT2D eigenvalue weighted by Crippen LogP contribution is -2.30. The summed E-state index contributed by atoms with van der Waals surface area (Å²) in [6, 6.07) is 7.67. The molecular formula is C17H14Cl2N2O5. The van der Waals surface area contributed by atoms with E-state index in [2.05, 4.69) is 5.32 Å². The minimum Gasteiger partial charge on any atom is -0.454 e. The summed E-state index contributed by atoms with van der Waals surface area (Å²) in [5.41, 5.74) is 6.26. The number of halogens is 2. The Morgan fingerprint density at radius 1 is 1.19 bits per heavy atom. The number of anilines is 2. The standard InChI is InChI=1S/C17H14Cl2N2O5/c1-8(26-17(23)11-4-9(18)5-12(19)15(11)20)16(22)21-10-2-3-13-14(6-10)25-7-24-13/h2-6,8H,7,20H2,1H3,(H,21,22)/t8-/m1/s1. The lowest BCUT2D eigenvalue weighted by atomic mass is 10.2. The highest BCUT2D eigenvalue weighted by Gasteiger charge is 2.22. The lowest BCUT2D eigenvalue weighted by molar-refractivity contribution is -0.123. The van der Waals surface area contributed by atoms with Crippen molar-refractivity contribution < 1.29 is 23.8 Å². The Morgan fingerprint density at radius 2 is 1.92 bits per heavy atom. The predicted molar refractivity (Wildman–Crippen MR) is 96.9 cm³/mol. The summed E-state index contributed by atoms with van der Waals surface area (Å²) in [5, 5.41) is 2.99. The zero-order chi connectivity index (χ0) is 18.8. The van der Waals surface area contributed by atoms with Crippen LogP contribution in [-0.4, -0.2) is 24.8 Å². The summed E-state index contributed by atoms with van der Waals surface area (Å²) in [6.45, 7) is 1.56. The fourth-order valence-corrected chi connectivity index (χ4v) is 2.74. The van der Waals surface area contributed by atoms with Crippen LogP contribution in [0, 0.1) is 0 Å². The van der Waals surface area contributed by atoms with Crippen molar-refractivity contribution >= 4 is 46.5 Å². The molecule has 2 aromatic carbocycles. The molecule has 0 aromatic heterocycles. The van der Waals surface area contributed by atoms with Crippen LogP contribution in [0.4, 0.5) is 11.4 Å². The Balaban J connectivity index is 1.67. The molecule has 0 radical (unpaired) electrons. The SMILES string of the molecule is C[C@@H](OC(=O)c1cc(Cl)cc(Cl)c1N)C(=O)Nc1ccc2c(c1)OCO2. The predicted octanol–water partition coefficient (Wildman–Crippen LogP) is 3.49. The Hall–Kier alpha value is -2.64. The third-order valence-corrected chi connectivity index (χ3v) is 4.14. The van der Waals surface area contributed by atoms with Crippen LogP contribution in [0.5, 0.6) is 11.5 Å². The van der Waals surface area contributed by atoms with Gasteiger partial charge in [0, 0.05) is 16.8 Å². The molecule has 1 atom stereocenters. The largest absolute Gasteiger partial charge is 0.454 e. The van der Waals surface area contributed by atoms with Crippen LogP contribution in [-0.2, 0) is 9.53 Å². The average molecular weight is 397 g/mol. The second kappa shape index (κ2) is 7.31. The van der Waals surface area contributed by atoms with E-state index in [4.69, 9.17) is 43.1 Å². The number of carbonyl (C=O) groups is 2. The monoisotopic (exact) mass is 396 g/mol. The molecule has 0 saturated heterocycles. The number of hydrogen-bond acceptors (Lipinski definition) is 6. The number of nitrogen functional groups attached to an aromatic ring is 1. The number of nitrogens with one attached hydrogen (secondary N) is 1. The molecule has 136 valence electrons. The first kappa shape index (κ1) is 18.2. The quantitative estimate of drug-likeness (QED) is 0.605. The van der Waals surface area contributed by atoms with Crippen LogP contribution in [0.3, 0.4) is 0 Å². The molecule has 0 spiro atoms. The summed E-state index contributed by atoms with van der Waals surface area (Å²) in [6.07, 6.45) is -1.08. The molecule has 1 amide bonds. The van der Waals surface area contributed by atoms with Gasteiger partial charge in [0.1, 0.15) is 0 Å². The number of nitrogens with two attached hydrogens (primary N) is 1. The second-order valence-corrected chi connectivity index (χ2v) is 6.30. The van der Waals surface area contributed by atoms with E-state index in [1.54, 1.807) is 18.2 Å². The van der Waals surface area contributed by atoms with Crippen LogP contribution in [0.1, 0.15) is 17.3 Å². The minimum absolute atomic E-state index is 0.00905. The average Bonchev–Trinajstić information content (AvgIpc) is 3.05. The minimum atomic E-state index is -1.08. The number of carbonyl (C=O) groups excluding carboxylic acids is 2. The van der Waals surface area contributed by atoms with Crippen molar-refractivity contribution in [1.82, 2.24) is 0 Å². The van der Waals surface area contributed by atoms with Gasteiger partial charge in [-0.2, -0.15) is 0 Å². The maximum atomic E-state index is 12.3. The zero-order valence-corrected chi connectivity index (χ0v) is 15.1. The van der Waals surface area contributed by atoms with Gasteiger partial charge in [-0.1, -0.05) is 23.2 Å². The number of fused-ring (bicyclic) bond motifs is 1. The third-order valence-electron chi connectivity index (χ3n) is 3.61. The van der Waals surface area contributed by atoms with Crippen molar-refractivity contribution in [2.45, 2.75) is 13.0 Å². The summed E-state index contributed by atoms with van der Waals surface area (Å²) < 4.78 is 15.6. The van der Waals surface area contributed by atoms with Gasteiger partial charge in [-0.25, -0.2) is 4.79 Å². The Bertz CT molecular complexity index is 888. The highest BCUT2D eigenvalue weighted by Crippen LogP contribution is 2.34. The van der Waals surface area contributed by atoms with E-state index in [-0.39, 0.29) is 28.1 Å². The summed E-state index contributed by atoms with van der Waals surface area (Å²) in [5.74, 6) is -0.214. The normalized spacial score (nSPS) is 13.2. The molecule has 26 heavy (non-hydrogen) atoms. The van der Waals surface area contributed by atoms with E-state index in [1.807, 2.05) is 0 Å². The number of esters is 1. The molecule has 0 bridgehead atoms. The van der Waals surface area contributed by atoms with Gasteiger partial charge in [-0.05, 0) is 31.2 Å². The molecular weight excluding hydrogens is 383 g/mol. The number of hydrogen-bond donors (Lipinski definition) is 2. The Labute approximate surface area is 158 Å². The maximum Gasteiger partial charge on any atom is 0.341 e. The van der Waals surface area contributed by atoms with Crippen LogP contribution in [0.15, 0.2) is 30.3 Å². The van der Waals surface area contributed by atoms with Crippen molar-refractivity contribution in [3.63, 3.8) is 0 Å². The van der Waals surface area contributed by atoms with E-state index >= 15 is 0 Å². The third kappa shape index (κ3) is 3.79. The maximum absolute atomic E-state index is 12.3. The number of ether oxygens (including phenoxy) is 3. The lowest BCUT2D eigenvalue weighted by Gasteiger charge is -2.15. The summed E-state index contributed by atoms with van der Waals surface area (Å²) in [4.78, 5) is 24.5. The van der Waals surface area contributed by atoms with Crippen molar-refractivity contribution in [3.05, 3.63) is 45.9 Å². The van der Waals surface area contributed by atoms with E-state index in [0.717, 1.165) is 0 Å². The van der Waals surface area contributed by atoms with Gasteiger partial charge >= 0.3 is 5.97 Å². The van der Waals surface area contributed by atoms with E-state index in [9.17, 15) is 9.59 Å². The van der Waals surface area contributed by atoms with Gasteiger partial charge in [0.05, 0.1) is 16.3 Å². The molecule has 0 saturated carbocycles. The molecule has 0 unspecified atom stereocenters. The first-order valence-corrected chi connectivity index (χ1v) is 8.27. The molecule has 7 nitrogen and oxygen atoms in total. The van der Waals surface area contributed by atoms with Crippen molar-refractivity contribution in [2.75, 3.05) is 17.8 Å². The van der Waals surface area contributed by atoms with Crippen LogP contribution in [0.2, 0.25) is 10.0 Å². The molecule has 9 heteroatoms. The fourth-order valence-electron chi connectivity index (χ4n) is 2.25. The van der Waals surface area contributed by atoms with Gasteiger partial charge in [0.25, 0.3) is 5.91 Å². The van der Waals surface area contributed by atoms with E-state index in [1.165, 1.54) is 19.1 Å². The van der Waals surface area contributed by atoms with E-state index < -0.39 is 18.0 Å². The highest BCUT2D eigenvalue weighted by atomic mass is 35.5. The van der Waals surface area contributed by atoms with Crippen molar-refractivity contribution in [1.29, 1.82) is 0 Å². The van der Waals surface area contributed by atoms with Crippen LogP contribution in [0.25, 0.3) is 0 Å². The summed E-state index contributed by atoms with van der Waals surface area (Å²) >= 11 is 11.8. The van der Waals surface area contributed by atoms with Gasteiger partial charge < -0.3 is 25.3 Å². The smallest absolute Gasteiger partial charge is 0.341 e. The van der Waals surface area contributed by atoms with Crippen LogP contribution < -0.4 is 20.5 Å².